The Bertz CT molecular complexity index is 707. The number of benzene rings is 1. The lowest BCUT2D eigenvalue weighted by Crippen LogP contribution is -2.11. The van der Waals surface area contributed by atoms with Crippen molar-refractivity contribution in [1.82, 2.24) is 15.0 Å². The second-order valence-electron chi connectivity index (χ2n) is 4.62. The summed E-state index contributed by atoms with van der Waals surface area (Å²) in [5.74, 6) is 5.98. The summed E-state index contributed by atoms with van der Waals surface area (Å²) in [6, 6.07) is 6.18. The first kappa shape index (κ1) is 12.4. The molecule has 3 rings (SSSR count). The second kappa shape index (κ2) is 5.13. The Morgan fingerprint density at radius 1 is 1.20 bits per heavy atom. The van der Waals surface area contributed by atoms with E-state index in [1.54, 1.807) is 12.1 Å². The van der Waals surface area contributed by atoms with Crippen LogP contribution >= 0.6 is 0 Å². The lowest BCUT2D eigenvalue weighted by atomic mass is 10.1. The first-order chi connectivity index (χ1) is 9.74. The molecule has 20 heavy (non-hydrogen) atoms. The van der Waals surface area contributed by atoms with Gasteiger partial charge >= 0.3 is 0 Å². The Kier molecular flexibility index (Phi) is 3.17. The zero-order valence-electron chi connectivity index (χ0n) is 10.7. The molecular formula is C14H12N4O2. The first-order valence-electron chi connectivity index (χ1n) is 6.43. The van der Waals surface area contributed by atoms with Gasteiger partial charge in [0.2, 0.25) is 0 Å². The molecule has 2 aromatic rings. The summed E-state index contributed by atoms with van der Waals surface area (Å²) in [6.07, 6.45) is 3.22. The van der Waals surface area contributed by atoms with Crippen LogP contribution in [0.15, 0.2) is 24.3 Å². The molecule has 0 saturated carbocycles. The van der Waals surface area contributed by atoms with Crippen LogP contribution in [-0.4, -0.2) is 19.9 Å². The number of fused-ring (bicyclic) bond motifs is 1. The van der Waals surface area contributed by atoms with Gasteiger partial charge in [0.05, 0.1) is 10.6 Å². The van der Waals surface area contributed by atoms with E-state index < -0.39 is 4.92 Å². The first-order valence-corrected chi connectivity index (χ1v) is 6.43. The van der Waals surface area contributed by atoms with Crippen LogP contribution < -0.4 is 0 Å². The monoisotopic (exact) mass is 268 g/mol. The van der Waals surface area contributed by atoms with E-state index in [0.717, 1.165) is 37.1 Å². The van der Waals surface area contributed by atoms with Crippen LogP contribution in [-0.2, 0) is 13.0 Å². The van der Waals surface area contributed by atoms with Crippen LogP contribution in [0.1, 0.15) is 29.8 Å². The topological polar surface area (TPSA) is 73.8 Å². The van der Waals surface area contributed by atoms with Gasteiger partial charge in [0.25, 0.3) is 5.69 Å². The second-order valence-corrected chi connectivity index (χ2v) is 4.62. The number of nitro benzene ring substituents is 1. The third-order valence-corrected chi connectivity index (χ3v) is 3.27. The van der Waals surface area contributed by atoms with Crippen molar-refractivity contribution in [2.45, 2.75) is 25.8 Å². The smallest absolute Gasteiger partial charge is 0.258 e. The molecule has 0 spiro atoms. The van der Waals surface area contributed by atoms with Gasteiger partial charge in [-0.1, -0.05) is 11.1 Å². The molecule has 0 saturated heterocycles. The summed E-state index contributed by atoms with van der Waals surface area (Å²) in [7, 11) is 0. The molecule has 0 N–H and O–H groups in total. The standard InChI is InChI=1S/C14H12N4O2/c19-18(20)12-7-4-11(5-8-12)6-9-13-14-3-1-2-10-17(14)16-15-13/h4-5,7-8H,1-3,10H2. The number of non-ortho nitro benzene ring substituents is 1. The normalized spacial score (nSPS) is 13.2. The summed E-state index contributed by atoms with van der Waals surface area (Å²) >= 11 is 0. The van der Waals surface area contributed by atoms with Gasteiger partial charge in [0.15, 0.2) is 5.69 Å². The Balaban J connectivity index is 1.85. The number of rotatable bonds is 1. The predicted octanol–water partition coefficient (Wildman–Crippen LogP) is 1.92. The Hall–Kier alpha value is -2.68. The summed E-state index contributed by atoms with van der Waals surface area (Å²) in [5, 5.41) is 18.7. The molecule has 0 fully saturated rings. The van der Waals surface area contributed by atoms with Crippen LogP contribution in [0.2, 0.25) is 0 Å². The SMILES string of the molecule is O=[N+]([O-])c1ccc(C#Cc2nnn3c2CCCC3)cc1. The van der Waals surface area contributed by atoms with Gasteiger partial charge in [0.1, 0.15) is 0 Å². The van der Waals surface area contributed by atoms with Gasteiger partial charge in [-0.05, 0) is 37.3 Å². The van der Waals surface area contributed by atoms with Crippen LogP contribution in [0.4, 0.5) is 5.69 Å². The van der Waals surface area contributed by atoms with E-state index in [1.807, 2.05) is 4.68 Å². The van der Waals surface area contributed by atoms with Gasteiger partial charge in [-0.25, -0.2) is 4.68 Å². The fourth-order valence-electron chi connectivity index (χ4n) is 2.21. The number of hydrogen-bond donors (Lipinski definition) is 0. The number of aromatic nitrogens is 3. The van der Waals surface area contributed by atoms with Crippen molar-refractivity contribution in [2.75, 3.05) is 0 Å². The largest absolute Gasteiger partial charge is 0.269 e. The van der Waals surface area contributed by atoms with E-state index >= 15 is 0 Å². The molecule has 0 atom stereocenters. The summed E-state index contributed by atoms with van der Waals surface area (Å²) < 4.78 is 1.91. The maximum atomic E-state index is 10.6. The van der Waals surface area contributed by atoms with E-state index in [4.69, 9.17) is 0 Å². The highest BCUT2D eigenvalue weighted by molar-refractivity contribution is 5.44. The molecule has 2 heterocycles. The summed E-state index contributed by atoms with van der Waals surface area (Å²) in [6.45, 7) is 0.904. The molecule has 0 radical (unpaired) electrons. The third kappa shape index (κ3) is 2.38. The molecule has 0 unspecified atom stereocenters. The summed E-state index contributed by atoms with van der Waals surface area (Å²) in [5.41, 5.74) is 2.60. The van der Waals surface area contributed by atoms with Crippen molar-refractivity contribution in [3.8, 4) is 11.8 Å². The van der Waals surface area contributed by atoms with E-state index in [9.17, 15) is 10.1 Å². The minimum absolute atomic E-state index is 0.0663. The predicted molar refractivity (Wildman–Crippen MR) is 72.0 cm³/mol. The van der Waals surface area contributed by atoms with E-state index in [1.165, 1.54) is 12.1 Å². The molecular weight excluding hydrogens is 256 g/mol. The highest BCUT2D eigenvalue weighted by atomic mass is 16.6. The number of aryl methyl sites for hydroxylation is 1. The van der Waals surface area contributed by atoms with Crippen LogP contribution in [0.3, 0.4) is 0 Å². The zero-order chi connectivity index (χ0) is 13.9. The maximum Gasteiger partial charge on any atom is 0.269 e. The van der Waals surface area contributed by atoms with Crippen molar-refractivity contribution in [2.24, 2.45) is 0 Å². The molecule has 1 aromatic carbocycles. The average Bonchev–Trinajstić information content (AvgIpc) is 2.89. The lowest BCUT2D eigenvalue weighted by molar-refractivity contribution is -0.384. The average molecular weight is 268 g/mol. The minimum Gasteiger partial charge on any atom is -0.258 e. The molecule has 0 bridgehead atoms. The number of nitro groups is 1. The van der Waals surface area contributed by atoms with Gasteiger partial charge in [-0.3, -0.25) is 10.1 Å². The van der Waals surface area contributed by atoms with Crippen molar-refractivity contribution in [3.05, 3.63) is 51.3 Å². The number of hydrogen-bond acceptors (Lipinski definition) is 4. The molecule has 0 amide bonds. The molecule has 1 aliphatic rings. The van der Waals surface area contributed by atoms with Crippen LogP contribution in [0, 0.1) is 22.0 Å². The molecule has 1 aliphatic heterocycles. The Morgan fingerprint density at radius 2 is 2.00 bits per heavy atom. The van der Waals surface area contributed by atoms with E-state index in [-0.39, 0.29) is 5.69 Å². The fraction of sp³-hybridized carbons (Fsp3) is 0.286. The van der Waals surface area contributed by atoms with Gasteiger partial charge in [-0.2, -0.15) is 0 Å². The highest BCUT2D eigenvalue weighted by Gasteiger charge is 2.14. The molecule has 1 aromatic heterocycles. The van der Waals surface area contributed by atoms with Crippen molar-refractivity contribution in [3.63, 3.8) is 0 Å². The molecule has 100 valence electrons. The minimum atomic E-state index is -0.424. The summed E-state index contributed by atoms with van der Waals surface area (Å²) in [4.78, 5) is 10.1. The lowest BCUT2D eigenvalue weighted by Gasteiger charge is -2.11. The quantitative estimate of drug-likeness (QED) is 0.450. The highest BCUT2D eigenvalue weighted by Crippen LogP contribution is 2.15. The third-order valence-electron chi connectivity index (χ3n) is 3.27. The van der Waals surface area contributed by atoms with Crippen LogP contribution in [0.25, 0.3) is 0 Å². The molecule has 6 nitrogen and oxygen atoms in total. The molecule has 0 aliphatic carbocycles. The molecule has 6 heteroatoms. The van der Waals surface area contributed by atoms with Crippen molar-refractivity contribution in [1.29, 1.82) is 0 Å². The maximum absolute atomic E-state index is 10.6. The van der Waals surface area contributed by atoms with Gasteiger partial charge in [0, 0.05) is 24.2 Å². The van der Waals surface area contributed by atoms with Gasteiger partial charge < -0.3 is 0 Å². The van der Waals surface area contributed by atoms with E-state index in [2.05, 4.69) is 22.2 Å². The van der Waals surface area contributed by atoms with Crippen LogP contribution in [0.5, 0.6) is 0 Å². The fourth-order valence-corrected chi connectivity index (χ4v) is 2.21. The van der Waals surface area contributed by atoms with E-state index in [0.29, 0.717) is 5.69 Å². The number of nitrogens with zero attached hydrogens (tertiary/aromatic N) is 4. The Morgan fingerprint density at radius 3 is 2.75 bits per heavy atom. The van der Waals surface area contributed by atoms with Gasteiger partial charge in [-0.15, -0.1) is 5.10 Å². The zero-order valence-corrected chi connectivity index (χ0v) is 10.7. The van der Waals surface area contributed by atoms with Crippen molar-refractivity contribution < 1.29 is 4.92 Å². The Labute approximate surface area is 115 Å². The van der Waals surface area contributed by atoms with Crippen molar-refractivity contribution >= 4 is 5.69 Å².